The van der Waals surface area contributed by atoms with Gasteiger partial charge in [-0.05, 0) is 62.4 Å². The number of sulfonamides is 1. The van der Waals surface area contributed by atoms with E-state index >= 15 is 0 Å². The van der Waals surface area contributed by atoms with Crippen molar-refractivity contribution in [2.24, 2.45) is 0 Å². The van der Waals surface area contributed by atoms with E-state index in [1.165, 1.54) is 4.31 Å². The number of hydrogen-bond acceptors (Lipinski definition) is 4. The van der Waals surface area contributed by atoms with Crippen LogP contribution >= 0.6 is 11.6 Å². The molecule has 2 amide bonds. The predicted molar refractivity (Wildman–Crippen MR) is 147 cm³/mol. The van der Waals surface area contributed by atoms with E-state index in [1.54, 1.807) is 29.2 Å². The van der Waals surface area contributed by atoms with Crippen molar-refractivity contribution in [3.8, 4) is 0 Å². The first-order chi connectivity index (χ1) is 17.0. The normalized spacial score (nSPS) is 13.1. The number of rotatable bonds is 13. The molecule has 0 aromatic heterocycles. The molecule has 0 aliphatic carbocycles. The van der Waals surface area contributed by atoms with Gasteiger partial charge in [0, 0.05) is 30.6 Å². The minimum absolute atomic E-state index is 0.0125. The van der Waals surface area contributed by atoms with Gasteiger partial charge in [-0.25, -0.2) is 8.42 Å². The molecule has 2 aromatic carbocycles. The average molecular weight is 536 g/mol. The Labute approximate surface area is 220 Å². The SMILES string of the molecule is CC[C@@H](C)NC(=O)[C@@H](CC)N(Cc1ccccc1Cl)C(=O)CCCN(c1cccc(C)c1)S(C)(=O)=O. The number of aryl methyl sites for hydroxylation is 1. The molecule has 0 heterocycles. The summed E-state index contributed by atoms with van der Waals surface area (Å²) >= 11 is 6.37. The Morgan fingerprint density at radius 2 is 1.75 bits per heavy atom. The number of anilines is 1. The number of nitrogens with one attached hydrogen (secondary N) is 1. The van der Waals surface area contributed by atoms with Crippen molar-refractivity contribution in [1.29, 1.82) is 0 Å². The number of nitrogens with zero attached hydrogens (tertiary/aromatic N) is 2. The molecule has 1 N–H and O–H groups in total. The van der Waals surface area contributed by atoms with Crippen LogP contribution in [0, 0.1) is 6.92 Å². The van der Waals surface area contributed by atoms with Crippen molar-refractivity contribution in [3.05, 3.63) is 64.7 Å². The second kappa shape index (κ2) is 13.7. The molecule has 7 nitrogen and oxygen atoms in total. The molecule has 2 atom stereocenters. The lowest BCUT2D eigenvalue weighted by atomic mass is 10.1. The van der Waals surface area contributed by atoms with E-state index in [4.69, 9.17) is 11.6 Å². The number of halogens is 1. The summed E-state index contributed by atoms with van der Waals surface area (Å²) in [5.74, 6) is -0.427. The summed E-state index contributed by atoms with van der Waals surface area (Å²) in [6, 6.07) is 13.8. The van der Waals surface area contributed by atoms with Crippen LogP contribution in [0.3, 0.4) is 0 Å². The Hall–Kier alpha value is -2.58. The molecule has 2 aromatic rings. The zero-order valence-corrected chi connectivity index (χ0v) is 23.4. The third-order valence-corrected chi connectivity index (χ3v) is 7.69. The van der Waals surface area contributed by atoms with Crippen LogP contribution in [0.2, 0.25) is 5.02 Å². The third kappa shape index (κ3) is 8.52. The van der Waals surface area contributed by atoms with Gasteiger partial charge in [-0.1, -0.05) is 55.8 Å². The van der Waals surface area contributed by atoms with Crippen LogP contribution in [-0.2, 0) is 26.2 Å². The fourth-order valence-electron chi connectivity index (χ4n) is 3.96. The summed E-state index contributed by atoms with van der Waals surface area (Å²) in [7, 11) is -3.53. The topological polar surface area (TPSA) is 86.8 Å². The van der Waals surface area contributed by atoms with Crippen molar-refractivity contribution in [2.75, 3.05) is 17.1 Å². The summed E-state index contributed by atoms with van der Waals surface area (Å²) in [6.45, 7) is 8.03. The van der Waals surface area contributed by atoms with E-state index in [1.807, 2.05) is 52.0 Å². The monoisotopic (exact) mass is 535 g/mol. The number of carbonyl (C=O) groups excluding carboxylic acids is 2. The predicted octanol–water partition coefficient (Wildman–Crippen LogP) is 4.92. The molecule has 2 rings (SSSR count). The fraction of sp³-hybridized carbons (Fsp3) is 0.481. The molecule has 0 bridgehead atoms. The highest BCUT2D eigenvalue weighted by Crippen LogP contribution is 2.22. The number of benzene rings is 2. The third-order valence-electron chi connectivity index (χ3n) is 6.13. The molecule has 0 aliphatic rings. The smallest absolute Gasteiger partial charge is 0.243 e. The lowest BCUT2D eigenvalue weighted by molar-refractivity contribution is -0.141. The van der Waals surface area contributed by atoms with Crippen LogP contribution in [0.1, 0.15) is 57.6 Å². The molecule has 0 saturated heterocycles. The lowest BCUT2D eigenvalue weighted by Gasteiger charge is -2.32. The van der Waals surface area contributed by atoms with Gasteiger partial charge in [0.25, 0.3) is 0 Å². The zero-order valence-electron chi connectivity index (χ0n) is 21.8. The molecule has 0 aliphatic heterocycles. The summed E-state index contributed by atoms with van der Waals surface area (Å²) in [6.07, 6.45) is 2.78. The molecule has 0 fully saturated rings. The number of hydrogen-bond donors (Lipinski definition) is 1. The van der Waals surface area contributed by atoms with Crippen LogP contribution in [0.15, 0.2) is 48.5 Å². The maximum atomic E-state index is 13.5. The summed E-state index contributed by atoms with van der Waals surface area (Å²) in [5.41, 5.74) is 2.26. The van der Waals surface area contributed by atoms with Gasteiger partial charge in [0.15, 0.2) is 0 Å². The van der Waals surface area contributed by atoms with Crippen molar-refractivity contribution in [3.63, 3.8) is 0 Å². The van der Waals surface area contributed by atoms with Gasteiger partial charge in [-0.15, -0.1) is 0 Å². The van der Waals surface area contributed by atoms with E-state index < -0.39 is 16.1 Å². The van der Waals surface area contributed by atoms with Crippen LogP contribution in [0.4, 0.5) is 5.69 Å². The van der Waals surface area contributed by atoms with Crippen LogP contribution in [-0.4, -0.2) is 50.0 Å². The first-order valence-electron chi connectivity index (χ1n) is 12.4. The molecule has 9 heteroatoms. The highest BCUT2D eigenvalue weighted by Gasteiger charge is 2.29. The Kier molecular flexibility index (Phi) is 11.2. The molecule has 198 valence electrons. The van der Waals surface area contributed by atoms with Crippen LogP contribution in [0.25, 0.3) is 0 Å². The van der Waals surface area contributed by atoms with E-state index in [9.17, 15) is 18.0 Å². The second-order valence-electron chi connectivity index (χ2n) is 9.13. The van der Waals surface area contributed by atoms with E-state index in [0.29, 0.717) is 23.6 Å². The molecule has 0 saturated carbocycles. The van der Waals surface area contributed by atoms with E-state index in [-0.39, 0.29) is 37.4 Å². The molecule has 0 spiro atoms. The standard InChI is InChI=1S/C27H38ClN3O4S/c1-6-21(4)29-27(33)25(7-2)30(19-22-13-8-9-15-24(22)28)26(32)16-11-17-31(36(5,34)35)23-14-10-12-20(3)18-23/h8-10,12-15,18,21,25H,6-7,11,16-17,19H2,1-5H3,(H,29,33)/t21-,25-/m1/s1. The minimum atomic E-state index is -3.53. The maximum Gasteiger partial charge on any atom is 0.243 e. The minimum Gasteiger partial charge on any atom is -0.352 e. The molecular formula is C27H38ClN3O4S. The lowest BCUT2D eigenvalue weighted by Crippen LogP contribution is -2.50. The first-order valence-corrected chi connectivity index (χ1v) is 14.6. The Morgan fingerprint density at radius 3 is 2.33 bits per heavy atom. The van der Waals surface area contributed by atoms with Crippen molar-refractivity contribution in [2.45, 2.75) is 72.0 Å². The van der Waals surface area contributed by atoms with Gasteiger partial charge in [-0.3, -0.25) is 13.9 Å². The van der Waals surface area contributed by atoms with Gasteiger partial charge >= 0.3 is 0 Å². The Balaban J connectivity index is 2.24. The van der Waals surface area contributed by atoms with Gasteiger partial charge in [0.2, 0.25) is 21.8 Å². The Morgan fingerprint density at radius 1 is 1.06 bits per heavy atom. The first kappa shape index (κ1) is 29.6. The van der Waals surface area contributed by atoms with Crippen molar-refractivity contribution < 1.29 is 18.0 Å². The molecule has 0 unspecified atom stereocenters. The van der Waals surface area contributed by atoms with Gasteiger partial charge in [-0.2, -0.15) is 0 Å². The Bertz CT molecular complexity index is 1140. The summed E-state index contributed by atoms with van der Waals surface area (Å²) in [4.78, 5) is 28.1. The molecule has 36 heavy (non-hydrogen) atoms. The maximum absolute atomic E-state index is 13.5. The summed E-state index contributed by atoms with van der Waals surface area (Å²) < 4.78 is 26.3. The van der Waals surface area contributed by atoms with Gasteiger partial charge in [0.1, 0.15) is 6.04 Å². The van der Waals surface area contributed by atoms with Crippen molar-refractivity contribution >= 4 is 39.1 Å². The average Bonchev–Trinajstić information content (AvgIpc) is 2.81. The fourth-order valence-corrected chi connectivity index (χ4v) is 5.11. The largest absolute Gasteiger partial charge is 0.352 e. The highest BCUT2D eigenvalue weighted by molar-refractivity contribution is 7.92. The highest BCUT2D eigenvalue weighted by atomic mass is 35.5. The van der Waals surface area contributed by atoms with Crippen molar-refractivity contribution in [1.82, 2.24) is 10.2 Å². The zero-order chi connectivity index (χ0) is 26.9. The summed E-state index contributed by atoms with van der Waals surface area (Å²) in [5, 5.41) is 3.51. The van der Waals surface area contributed by atoms with Crippen LogP contribution in [0.5, 0.6) is 0 Å². The van der Waals surface area contributed by atoms with E-state index in [0.717, 1.165) is 23.8 Å². The number of carbonyl (C=O) groups is 2. The molecular weight excluding hydrogens is 498 g/mol. The van der Waals surface area contributed by atoms with Gasteiger partial charge < -0.3 is 10.2 Å². The van der Waals surface area contributed by atoms with Gasteiger partial charge in [0.05, 0.1) is 11.9 Å². The molecule has 0 radical (unpaired) electrons. The quantitative estimate of drug-likeness (QED) is 0.394. The second-order valence-corrected chi connectivity index (χ2v) is 11.4. The van der Waals surface area contributed by atoms with E-state index in [2.05, 4.69) is 5.32 Å². The van der Waals surface area contributed by atoms with Crippen LogP contribution < -0.4 is 9.62 Å². The number of amides is 2.